The molecule has 2 bridgehead atoms. The van der Waals surface area contributed by atoms with Gasteiger partial charge in [-0.3, -0.25) is 14.8 Å². The Morgan fingerprint density at radius 3 is 2.71 bits per heavy atom. The first kappa shape index (κ1) is 22.6. The summed E-state index contributed by atoms with van der Waals surface area (Å²) in [5.74, 6) is 0.434. The Morgan fingerprint density at radius 2 is 1.94 bits per heavy atom. The number of carbonyl (C=O) groups excluding carboxylic acids is 1. The van der Waals surface area contributed by atoms with Crippen molar-refractivity contribution in [3.05, 3.63) is 65.4 Å². The van der Waals surface area contributed by atoms with E-state index in [0.29, 0.717) is 28.3 Å². The van der Waals surface area contributed by atoms with Gasteiger partial charge in [0, 0.05) is 55.3 Å². The highest BCUT2D eigenvalue weighted by atomic mass is 19.1. The molecular formula is C28H31FN4O2. The van der Waals surface area contributed by atoms with Gasteiger partial charge in [-0.1, -0.05) is 6.92 Å². The molecule has 182 valence electrons. The number of benzene rings is 1. The summed E-state index contributed by atoms with van der Waals surface area (Å²) in [5.41, 5.74) is 10.1. The van der Waals surface area contributed by atoms with Gasteiger partial charge < -0.3 is 15.4 Å². The van der Waals surface area contributed by atoms with E-state index in [2.05, 4.69) is 21.8 Å². The predicted molar refractivity (Wildman–Crippen MR) is 133 cm³/mol. The largest absolute Gasteiger partial charge is 0.371 e. The van der Waals surface area contributed by atoms with Crippen LogP contribution < -0.4 is 10.6 Å². The first-order valence-corrected chi connectivity index (χ1v) is 12.6. The van der Waals surface area contributed by atoms with Crippen LogP contribution in [0.15, 0.2) is 42.9 Å². The zero-order valence-electron chi connectivity index (χ0n) is 20.0. The maximum atomic E-state index is 14.9. The second kappa shape index (κ2) is 8.95. The summed E-state index contributed by atoms with van der Waals surface area (Å²) in [6.07, 6.45) is 10.1. The van der Waals surface area contributed by atoms with Crippen LogP contribution >= 0.6 is 0 Å². The summed E-state index contributed by atoms with van der Waals surface area (Å²) >= 11 is 0. The topological polar surface area (TPSA) is 81.3 Å². The maximum Gasteiger partial charge on any atom is 0.169 e. The number of piperidine rings is 1. The average molecular weight is 475 g/mol. The lowest BCUT2D eigenvalue weighted by atomic mass is 9.75. The number of nitrogens with zero attached hydrogens (tertiary/aromatic N) is 3. The Kier molecular flexibility index (Phi) is 5.77. The first-order valence-electron chi connectivity index (χ1n) is 12.6. The van der Waals surface area contributed by atoms with Crippen molar-refractivity contribution in [2.75, 3.05) is 18.0 Å². The molecule has 1 aliphatic carbocycles. The molecule has 6 nitrogen and oxygen atoms in total. The van der Waals surface area contributed by atoms with Crippen LogP contribution in [0.3, 0.4) is 0 Å². The molecule has 5 heterocycles. The van der Waals surface area contributed by atoms with Gasteiger partial charge in [0.15, 0.2) is 5.78 Å². The van der Waals surface area contributed by atoms with Crippen molar-refractivity contribution in [1.29, 1.82) is 0 Å². The molecule has 1 aromatic carbocycles. The molecule has 0 spiro atoms. The van der Waals surface area contributed by atoms with Crippen molar-refractivity contribution in [3.8, 4) is 0 Å². The number of Topliss-reactive ketones (excluding diaryl/α,β-unsaturated/α-hetero) is 1. The average Bonchev–Trinajstić information content (AvgIpc) is 2.83. The lowest BCUT2D eigenvalue weighted by Gasteiger charge is -2.47. The van der Waals surface area contributed by atoms with Gasteiger partial charge in [-0.25, -0.2) is 4.39 Å². The first-order chi connectivity index (χ1) is 16.9. The van der Waals surface area contributed by atoms with Crippen LogP contribution in [0, 0.1) is 11.7 Å². The molecule has 1 saturated carbocycles. The minimum absolute atomic E-state index is 0.0785. The minimum atomic E-state index is -0.364. The molecule has 4 fully saturated rings. The number of rotatable bonds is 5. The van der Waals surface area contributed by atoms with Crippen molar-refractivity contribution in [3.63, 3.8) is 0 Å². The van der Waals surface area contributed by atoms with Gasteiger partial charge in [0.2, 0.25) is 0 Å². The van der Waals surface area contributed by atoms with Crippen molar-refractivity contribution in [2.45, 2.75) is 63.2 Å². The number of fused-ring (bicyclic) bond motifs is 3. The summed E-state index contributed by atoms with van der Waals surface area (Å²) in [5, 5.41) is 0.381. The number of ketones is 1. The molecule has 3 aromatic rings. The molecule has 0 amide bonds. The Hall–Kier alpha value is -2.90. The second-order valence-corrected chi connectivity index (χ2v) is 10.6. The molecule has 35 heavy (non-hydrogen) atoms. The third-order valence-corrected chi connectivity index (χ3v) is 7.92. The number of aromatic nitrogens is 2. The fourth-order valence-corrected chi connectivity index (χ4v) is 6.30. The van der Waals surface area contributed by atoms with Gasteiger partial charge in [0.05, 0.1) is 29.6 Å². The Balaban J connectivity index is 1.28. The smallest absolute Gasteiger partial charge is 0.169 e. The zero-order valence-corrected chi connectivity index (χ0v) is 20.0. The molecule has 3 saturated heterocycles. The molecule has 7 heteroatoms. The number of nitrogens with two attached hydrogens (primary N) is 1. The minimum Gasteiger partial charge on any atom is -0.371 e. The highest BCUT2D eigenvalue weighted by molar-refractivity contribution is 6.08. The van der Waals surface area contributed by atoms with E-state index in [4.69, 9.17) is 10.5 Å². The highest BCUT2D eigenvalue weighted by Crippen LogP contribution is 2.37. The summed E-state index contributed by atoms with van der Waals surface area (Å²) in [6.45, 7) is 3.82. The lowest BCUT2D eigenvalue weighted by Crippen LogP contribution is -2.57. The molecule has 7 rings (SSSR count). The Morgan fingerprint density at radius 1 is 1.14 bits per heavy atom. The standard InChI is InChI=1S/C28H31FN4O2/c1-16-6-17(8-19(30)7-16)23-4-5-31-12-18(23)9-27(34)24-2-3-26(29)25-10-20(13-32-28(24)25)33-14-21-11-22(15-33)35-21/h2-5,10,12-13,16-17,19,21-22H,6-9,11,14-15,30H2,1H3/t16-,17+,19-,21?,22?/m0/s1. The van der Waals surface area contributed by atoms with E-state index in [-0.39, 0.29) is 36.3 Å². The van der Waals surface area contributed by atoms with E-state index in [1.165, 1.54) is 6.07 Å². The molecule has 5 atom stereocenters. The third-order valence-electron chi connectivity index (χ3n) is 7.92. The van der Waals surface area contributed by atoms with E-state index in [9.17, 15) is 9.18 Å². The zero-order chi connectivity index (χ0) is 24.1. The fraction of sp³-hybridized carbons (Fsp3) is 0.464. The number of ether oxygens (including phenoxy) is 1. The molecule has 2 aromatic heterocycles. The van der Waals surface area contributed by atoms with Gasteiger partial charge in [-0.05, 0) is 66.5 Å². The number of halogens is 1. The van der Waals surface area contributed by atoms with E-state index in [0.717, 1.165) is 55.6 Å². The van der Waals surface area contributed by atoms with Crippen LogP contribution in [-0.2, 0) is 11.2 Å². The van der Waals surface area contributed by atoms with Crippen LogP contribution in [0.4, 0.5) is 10.1 Å². The molecular weight excluding hydrogens is 443 g/mol. The van der Waals surface area contributed by atoms with E-state index < -0.39 is 0 Å². The third kappa shape index (κ3) is 4.32. The number of pyridine rings is 2. The summed E-state index contributed by atoms with van der Waals surface area (Å²) in [7, 11) is 0. The number of hydrogen-bond acceptors (Lipinski definition) is 6. The van der Waals surface area contributed by atoms with Crippen LogP contribution in [0.5, 0.6) is 0 Å². The van der Waals surface area contributed by atoms with Crippen LogP contribution in [0.25, 0.3) is 10.9 Å². The fourth-order valence-electron chi connectivity index (χ4n) is 6.30. The van der Waals surface area contributed by atoms with Crippen molar-refractivity contribution < 1.29 is 13.9 Å². The normalized spacial score (nSPS) is 28.1. The molecule has 4 aliphatic rings. The van der Waals surface area contributed by atoms with Crippen molar-refractivity contribution in [2.24, 2.45) is 11.7 Å². The highest BCUT2D eigenvalue weighted by Gasteiger charge is 2.38. The van der Waals surface area contributed by atoms with Gasteiger partial charge in [0.1, 0.15) is 5.82 Å². The van der Waals surface area contributed by atoms with Gasteiger partial charge >= 0.3 is 0 Å². The molecule has 0 radical (unpaired) electrons. The van der Waals surface area contributed by atoms with Gasteiger partial charge in [-0.15, -0.1) is 0 Å². The lowest BCUT2D eigenvalue weighted by molar-refractivity contribution is -0.133. The molecule has 2 unspecified atom stereocenters. The Labute approximate surface area is 204 Å². The van der Waals surface area contributed by atoms with E-state index in [1.54, 1.807) is 24.7 Å². The summed E-state index contributed by atoms with van der Waals surface area (Å²) in [4.78, 5) is 24.6. The van der Waals surface area contributed by atoms with Crippen molar-refractivity contribution in [1.82, 2.24) is 9.97 Å². The summed E-state index contributed by atoms with van der Waals surface area (Å²) < 4.78 is 20.6. The SMILES string of the molecule is C[C@@H]1C[C@H](N)C[C@H](c2ccncc2CC(=O)c2ccc(F)c3cc(N4CC5CC(C4)O5)cnc23)C1. The monoisotopic (exact) mass is 474 g/mol. The van der Waals surface area contributed by atoms with Crippen LogP contribution in [0.2, 0.25) is 0 Å². The number of hydrogen-bond donors (Lipinski definition) is 1. The maximum absolute atomic E-state index is 14.9. The van der Waals surface area contributed by atoms with Crippen molar-refractivity contribution >= 4 is 22.4 Å². The molecule has 2 N–H and O–H groups in total. The molecule has 3 aliphatic heterocycles. The van der Waals surface area contributed by atoms with E-state index in [1.807, 2.05) is 12.1 Å². The van der Waals surface area contributed by atoms with Crippen LogP contribution in [-0.4, -0.2) is 47.1 Å². The van der Waals surface area contributed by atoms with Crippen LogP contribution in [0.1, 0.15) is 60.0 Å². The Bertz CT molecular complexity index is 1260. The number of anilines is 1. The summed E-state index contributed by atoms with van der Waals surface area (Å²) in [6, 6.07) is 6.96. The quantitative estimate of drug-likeness (QED) is 0.552. The van der Waals surface area contributed by atoms with Gasteiger partial charge in [-0.2, -0.15) is 0 Å². The second-order valence-electron chi connectivity index (χ2n) is 10.6. The number of morpholine rings is 1. The van der Waals surface area contributed by atoms with E-state index >= 15 is 0 Å². The predicted octanol–water partition coefficient (Wildman–Crippen LogP) is 4.40. The van der Waals surface area contributed by atoms with Gasteiger partial charge in [0.25, 0.3) is 0 Å². The number of carbonyl (C=O) groups is 1.